The predicted molar refractivity (Wildman–Crippen MR) is 134 cm³/mol. The van der Waals surface area contributed by atoms with Crippen LogP contribution in [-0.4, -0.2) is 36.4 Å². The van der Waals surface area contributed by atoms with Gasteiger partial charge in [-0.2, -0.15) is 9.94 Å². The fraction of sp³-hybridized carbons (Fsp3) is 0.320. The van der Waals surface area contributed by atoms with Gasteiger partial charge in [-0.1, -0.05) is 37.2 Å². The lowest BCUT2D eigenvalue weighted by molar-refractivity contribution is -0.113. The first-order valence-electron chi connectivity index (χ1n) is 11.4. The highest BCUT2D eigenvalue weighted by Crippen LogP contribution is 2.28. The minimum absolute atomic E-state index is 0.0872. The van der Waals surface area contributed by atoms with Gasteiger partial charge >= 0.3 is 0 Å². The van der Waals surface area contributed by atoms with Gasteiger partial charge in [0.1, 0.15) is 17.6 Å². The van der Waals surface area contributed by atoms with Crippen molar-refractivity contribution in [2.24, 2.45) is 0 Å². The van der Waals surface area contributed by atoms with Crippen molar-refractivity contribution in [2.75, 3.05) is 11.1 Å². The number of unbranched alkanes of at least 4 members (excludes halogenated alkanes) is 1. The van der Waals surface area contributed by atoms with Gasteiger partial charge < -0.3 is 14.3 Å². The SMILES string of the molecule is CCCCc1ccc(-n2nnnc2SCC(=O)Nc2c(C#N)c(C)c(C)n2Cc2ccco2)cc1. The van der Waals surface area contributed by atoms with Crippen LogP contribution in [-0.2, 0) is 17.8 Å². The summed E-state index contributed by atoms with van der Waals surface area (Å²) in [5.74, 6) is 1.03. The molecule has 9 nitrogen and oxygen atoms in total. The Balaban J connectivity index is 1.46. The molecule has 0 atom stereocenters. The minimum Gasteiger partial charge on any atom is -0.467 e. The number of hydrogen-bond donors (Lipinski definition) is 1. The van der Waals surface area contributed by atoms with E-state index in [0.717, 1.165) is 42.0 Å². The average Bonchev–Trinajstić information content (AvgIpc) is 3.60. The van der Waals surface area contributed by atoms with Crippen molar-refractivity contribution in [1.82, 2.24) is 24.8 Å². The Hall–Kier alpha value is -3.84. The fourth-order valence-electron chi connectivity index (χ4n) is 3.80. The van der Waals surface area contributed by atoms with Gasteiger partial charge in [0.05, 0.1) is 29.8 Å². The molecule has 1 aromatic carbocycles. The second-order valence-electron chi connectivity index (χ2n) is 8.19. The summed E-state index contributed by atoms with van der Waals surface area (Å²) in [4.78, 5) is 12.9. The second kappa shape index (κ2) is 11.1. The molecule has 0 saturated carbocycles. The van der Waals surface area contributed by atoms with Crippen LogP contribution in [0.5, 0.6) is 0 Å². The maximum atomic E-state index is 12.9. The number of anilines is 1. The molecule has 4 aromatic rings. The molecule has 1 amide bonds. The van der Waals surface area contributed by atoms with E-state index in [-0.39, 0.29) is 11.7 Å². The zero-order chi connectivity index (χ0) is 24.8. The molecule has 0 bridgehead atoms. The number of nitrogens with one attached hydrogen (secondary N) is 1. The van der Waals surface area contributed by atoms with Crippen molar-refractivity contribution in [3.05, 3.63) is 70.8 Å². The van der Waals surface area contributed by atoms with Crippen LogP contribution in [0.3, 0.4) is 0 Å². The number of carbonyl (C=O) groups is 1. The van der Waals surface area contributed by atoms with Crippen LogP contribution in [0, 0.1) is 25.2 Å². The van der Waals surface area contributed by atoms with Crippen LogP contribution >= 0.6 is 11.8 Å². The van der Waals surface area contributed by atoms with Crippen LogP contribution in [0.25, 0.3) is 5.69 Å². The first-order valence-corrected chi connectivity index (χ1v) is 12.4. The highest BCUT2D eigenvalue weighted by atomic mass is 32.2. The number of nitrogens with zero attached hydrogens (tertiary/aromatic N) is 6. The monoisotopic (exact) mass is 489 g/mol. The van der Waals surface area contributed by atoms with Gasteiger partial charge in [0.25, 0.3) is 0 Å². The molecule has 0 radical (unpaired) electrons. The molecule has 180 valence electrons. The van der Waals surface area contributed by atoms with Crippen LogP contribution in [0.4, 0.5) is 5.82 Å². The molecule has 3 heterocycles. The molecule has 0 unspecified atom stereocenters. The highest BCUT2D eigenvalue weighted by Gasteiger charge is 2.21. The molecule has 0 spiro atoms. The Bertz CT molecular complexity index is 1330. The van der Waals surface area contributed by atoms with E-state index in [0.29, 0.717) is 23.1 Å². The molecule has 0 aliphatic carbocycles. The molecule has 0 fully saturated rings. The Kier molecular flexibility index (Phi) is 7.67. The van der Waals surface area contributed by atoms with Crippen molar-refractivity contribution in [2.45, 2.75) is 51.7 Å². The topological polar surface area (TPSA) is 115 Å². The van der Waals surface area contributed by atoms with Crippen LogP contribution in [0.1, 0.15) is 47.9 Å². The first-order chi connectivity index (χ1) is 17.0. The van der Waals surface area contributed by atoms with Crippen LogP contribution in [0.2, 0.25) is 0 Å². The second-order valence-corrected chi connectivity index (χ2v) is 9.13. The van der Waals surface area contributed by atoms with E-state index in [2.05, 4.69) is 46.0 Å². The summed E-state index contributed by atoms with van der Waals surface area (Å²) in [5.41, 5.74) is 4.28. The largest absolute Gasteiger partial charge is 0.467 e. The Morgan fingerprint density at radius 3 is 2.71 bits per heavy atom. The summed E-state index contributed by atoms with van der Waals surface area (Å²) in [7, 11) is 0. The summed E-state index contributed by atoms with van der Waals surface area (Å²) in [5, 5.41) is 25.1. The third-order valence-corrected chi connectivity index (χ3v) is 6.79. The summed E-state index contributed by atoms with van der Waals surface area (Å²) >= 11 is 1.23. The smallest absolute Gasteiger partial charge is 0.235 e. The van der Waals surface area contributed by atoms with Crippen molar-refractivity contribution in [3.63, 3.8) is 0 Å². The van der Waals surface area contributed by atoms with Gasteiger partial charge in [-0.15, -0.1) is 5.10 Å². The Labute approximate surface area is 208 Å². The van der Waals surface area contributed by atoms with E-state index in [1.165, 1.54) is 17.3 Å². The number of amides is 1. The maximum Gasteiger partial charge on any atom is 0.235 e. The standard InChI is InChI=1S/C25H27N7O2S/c1-4-5-7-19-9-11-20(12-10-19)32-25(28-29-30-32)35-16-23(33)27-24-22(14-26)17(2)18(3)31(24)15-21-8-6-13-34-21/h6,8-13H,4-5,7,15-16H2,1-3H3,(H,27,33). The van der Waals surface area contributed by atoms with Gasteiger partial charge in [-0.25, -0.2) is 0 Å². The number of aryl methyl sites for hydroxylation is 1. The van der Waals surface area contributed by atoms with E-state index >= 15 is 0 Å². The van der Waals surface area contributed by atoms with E-state index in [1.54, 1.807) is 10.9 Å². The van der Waals surface area contributed by atoms with Crippen molar-refractivity contribution >= 4 is 23.5 Å². The normalized spacial score (nSPS) is 10.9. The van der Waals surface area contributed by atoms with E-state index in [1.807, 2.05) is 42.7 Å². The number of nitriles is 1. The predicted octanol–water partition coefficient (Wildman–Crippen LogP) is 4.67. The lowest BCUT2D eigenvalue weighted by atomic mass is 10.1. The van der Waals surface area contributed by atoms with Gasteiger partial charge in [0.15, 0.2) is 0 Å². The third kappa shape index (κ3) is 5.46. The Morgan fingerprint density at radius 1 is 1.23 bits per heavy atom. The molecule has 35 heavy (non-hydrogen) atoms. The quantitative estimate of drug-likeness (QED) is 0.322. The van der Waals surface area contributed by atoms with Crippen molar-refractivity contribution < 1.29 is 9.21 Å². The number of furan rings is 1. The molecule has 10 heteroatoms. The van der Waals surface area contributed by atoms with Crippen LogP contribution < -0.4 is 5.32 Å². The summed E-state index contributed by atoms with van der Waals surface area (Å²) < 4.78 is 8.98. The average molecular weight is 490 g/mol. The molecule has 0 aliphatic rings. The van der Waals surface area contributed by atoms with Crippen molar-refractivity contribution in [1.29, 1.82) is 5.26 Å². The van der Waals surface area contributed by atoms with Gasteiger partial charge in [-0.3, -0.25) is 4.79 Å². The lowest BCUT2D eigenvalue weighted by Gasteiger charge is -2.12. The van der Waals surface area contributed by atoms with E-state index in [9.17, 15) is 10.1 Å². The first kappa shape index (κ1) is 24.3. The van der Waals surface area contributed by atoms with E-state index in [4.69, 9.17) is 4.42 Å². The number of tetrazole rings is 1. The Morgan fingerprint density at radius 2 is 2.03 bits per heavy atom. The summed E-state index contributed by atoms with van der Waals surface area (Å²) in [6.45, 7) is 6.38. The van der Waals surface area contributed by atoms with E-state index < -0.39 is 0 Å². The van der Waals surface area contributed by atoms with Crippen molar-refractivity contribution in [3.8, 4) is 11.8 Å². The lowest BCUT2D eigenvalue weighted by Crippen LogP contribution is -2.19. The maximum absolute atomic E-state index is 12.9. The third-order valence-electron chi connectivity index (χ3n) is 5.87. The number of aromatic nitrogens is 5. The zero-order valence-electron chi connectivity index (χ0n) is 20.0. The molecular weight excluding hydrogens is 462 g/mol. The molecule has 4 rings (SSSR count). The number of hydrogen-bond acceptors (Lipinski definition) is 7. The van der Waals surface area contributed by atoms with Crippen LogP contribution in [0.15, 0.2) is 52.2 Å². The van der Waals surface area contributed by atoms with Gasteiger partial charge in [-0.05, 0) is 72.5 Å². The molecule has 3 aromatic heterocycles. The summed E-state index contributed by atoms with van der Waals surface area (Å²) in [6.07, 6.45) is 4.95. The number of benzene rings is 1. The summed E-state index contributed by atoms with van der Waals surface area (Å²) in [6, 6.07) is 14.0. The number of rotatable bonds is 10. The fourth-order valence-corrected chi connectivity index (χ4v) is 4.49. The molecule has 0 saturated heterocycles. The number of carbonyl (C=O) groups excluding carboxylic acids is 1. The number of thioether (sulfide) groups is 1. The molecular formula is C25H27N7O2S. The highest BCUT2D eigenvalue weighted by molar-refractivity contribution is 7.99. The molecule has 1 N–H and O–H groups in total. The van der Waals surface area contributed by atoms with Gasteiger partial charge in [0, 0.05) is 5.69 Å². The minimum atomic E-state index is -0.255. The zero-order valence-corrected chi connectivity index (χ0v) is 20.8. The van der Waals surface area contributed by atoms with Gasteiger partial charge in [0.2, 0.25) is 11.1 Å². The molecule has 0 aliphatic heterocycles.